The zero-order valence-electron chi connectivity index (χ0n) is 28.3. The first kappa shape index (κ1) is 37.6. The van der Waals surface area contributed by atoms with Crippen molar-refractivity contribution in [1.29, 1.82) is 0 Å². The van der Waals surface area contributed by atoms with Gasteiger partial charge in [0, 0.05) is 24.7 Å². The number of amides is 1. The van der Waals surface area contributed by atoms with E-state index in [1.165, 1.54) is 57.1 Å². The summed E-state index contributed by atoms with van der Waals surface area (Å²) >= 11 is 12.8. The molecule has 252 valence electrons. The molecule has 1 fully saturated rings. The number of aryl methyl sites for hydroxylation is 1. The predicted molar refractivity (Wildman–Crippen MR) is 191 cm³/mol. The highest BCUT2D eigenvalue weighted by atomic mass is 35.5. The minimum absolute atomic E-state index is 0.0944. The van der Waals surface area contributed by atoms with Crippen LogP contribution in [0, 0.1) is 12.3 Å². The van der Waals surface area contributed by atoms with Crippen molar-refractivity contribution in [2.75, 3.05) is 30.4 Å². The fourth-order valence-electron chi connectivity index (χ4n) is 5.47. The number of halogens is 2. The first-order valence-electron chi connectivity index (χ1n) is 17.0. The Morgan fingerprint density at radius 2 is 1.52 bits per heavy atom. The van der Waals surface area contributed by atoms with Crippen molar-refractivity contribution >= 4 is 63.6 Å². The monoisotopic (exact) mass is 671 g/mol. The molecule has 1 aliphatic rings. The molecule has 2 aromatic rings. The minimum atomic E-state index is -0.687. The molecule has 0 spiro atoms. The minimum Gasteiger partial charge on any atom is -0.462 e. The normalized spacial score (nSPS) is 13.8. The van der Waals surface area contributed by atoms with E-state index in [1.54, 1.807) is 0 Å². The predicted octanol–water partition coefficient (Wildman–Crippen LogP) is 10.3. The van der Waals surface area contributed by atoms with Gasteiger partial charge >= 0.3 is 5.97 Å². The molecule has 7 nitrogen and oxygen atoms in total. The SMILES string of the molecule is CCCCCCCCCCCCOC(=O)c1cc(NC(=O)C(=Nc2ccc(N(C)CC)cc2C)C(=O)C2(CC)CC2)c(Cl)cc1Cl. The first-order chi connectivity index (χ1) is 22.1. The van der Waals surface area contributed by atoms with Gasteiger partial charge in [-0.2, -0.15) is 0 Å². The topological polar surface area (TPSA) is 88.1 Å². The Labute approximate surface area is 285 Å². The number of hydrogen-bond donors (Lipinski definition) is 1. The number of aliphatic imine (C=N–C) groups is 1. The second-order valence-electron chi connectivity index (χ2n) is 12.5. The van der Waals surface area contributed by atoms with E-state index in [4.69, 9.17) is 27.9 Å². The van der Waals surface area contributed by atoms with Crippen LogP contribution in [-0.4, -0.2) is 43.6 Å². The quantitative estimate of drug-likeness (QED) is 0.0655. The molecule has 3 rings (SSSR count). The number of ether oxygens (including phenoxy) is 1. The second-order valence-corrected chi connectivity index (χ2v) is 13.3. The summed E-state index contributed by atoms with van der Waals surface area (Å²) in [6.07, 6.45) is 13.9. The zero-order valence-corrected chi connectivity index (χ0v) is 29.8. The third kappa shape index (κ3) is 10.6. The highest BCUT2D eigenvalue weighted by Gasteiger charge is 2.50. The number of carbonyl (C=O) groups excluding carboxylic acids is 3. The Morgan fingerprint density at radius 3 is 2.09 bits per heavy atom. The summed E-state index contributed by atoms with van der Waals surface area (Å²) in [5.74, 6) is -1.57. The van der Waals surface area contributed by atoms with Crippen molar-refractivity contribution in [2.24, 2.45) is 10.4 Å². The van der Waals surface area contributed by atoms with Gasteiger partial charge in [-0.15, -0.1) is 0 Å². The average Bonchev–Trinajstić information content (AvgIpc) is 3.85. The van der Waals surface area contributed by atoms with E-state index in [9.17, 15) is 14.4 Å². The van der Waals surface area contributed by atoms with Crippen LogP contribution in [0.3, 0.4) is 0 Å². The Hall–Kier alpha value is -2.90. The molecule has 1 N–H and O–H groups in total. The number of hydrogen-bond acceptors (Lipinski definition) is 6. The number of carbonyl (C=O) groups is 3. The van der Waals surface area contributed by atoms with E-state index in [1.807, 2.05) is 39.1 Å². The Morgan fingerprint density at radius 1 is 0.891 bits per heavy atom. The molecule has 46 heavy (non-hydrogen) atoms. The van der Waals surface area contributed by atoms with Gasteiger partial charge in [-0.1, -0.05) is 94.8 Å². The highest BCUT2D eigenvalue weighted by molar-refractivity contribution is 6.69. The Balaban J connectivity index is 1.69. The number of ketones is 1. The molecular weight excluding hydrogens is 621 g/mol. The van der Waals surface area contributed by atoms with Gasteiger partial charge in [0.1, 0.15) is 0 Å². The van der Waals surface area contributed by atoms with Crippen LogP contribution in [-0.2, 0) is 14.3 Å². The van der Waals surface area contributed by atoms with E-state index < -0.39 is 17.3 Å². The number of benzene rings is 2. The van der Waals surface area contributed by atoms with Gasteiger partial charge in [0.25, 0.3) is 5.91 Å². The standard InChI is InChI=1S/C37H51Cl2N3O4/c1-6-9-10-11-12-13-14-15-16-17-22-46-36(45)28-24-32(30(39)25-29(28)38)41-35(44)33(34(43)37(7-2)20-21-37)40-31-19-18-27(23-26(31)4)42(5)8-3/h18-19,23-25H,6-17,20-22H2,1-5H3,(H,41,44). The largest absolute Gasteiger partial charge is 0.462 e. The van der Waals surface area contributed by atoms with Crippen molar-refractivity contribution < 1.29 is 19.1 Å². The number of nitrogens with one attached hydrogen (secondary N) is 1. The number of Topliss-reactive ketones (excluding diaryl/α,β-unsaturated/α-hetero) is 1. The molecule has 0 heterocycles. The summed E-state index contributed by atoms with van der Waals surface area (Å²) in [4.78, 5) is 47.0. The summed E-state index contributed by atoms with van der Waals surface area (Å²) in [5, 5.41) is 2.99. The van der Waals surface area contributed by atoms with E-state index in [-0.39, 0.29) is 39.4 Å². The Bertz CT molecular complexity index is 1390. The number of anilines is 2. The highest BCUT2D eigenvalue weighted by Crippen LogP contribution is 2.50. The van der Waals surface area contributed by atoms with Crippen molar-refractivity contribution in [2.45, 2.75) is 111 Å². The fourth-order valence-corrected chi connectivity index (χ4v) is 5.98. The lowest BCUT2D eigenvalue weighted by Gasteiger charge is -2.18. The smallest absolute Gasteiger partial charge is 0.339 e. The lowest BCUT2D eigenvalue weighted by molar-refractivity contribution is -0.119. The summed E-state index contributed by atoms with van der Waals surface area (Å²) in [6.45, 7) is 9.27. The summed E-state index contributed by atoms with van der Waals surface area (Å²) in [5.41, 5.74) is 1.88. The maximum Gasteiger partial charge on any atom is 0.339 e. The van der Waals surface area contributed by atoms with Gasteiger partial charge < -0.3 is 15.0 Å². The van der Waals surface area contributed by atoms with Crippen LogP contribution in [0.5, 0.6) is 0 Å². The number of esters is 1. The van der Waals surface area contributed by atoms with Crippen LogP contribution >= 0.6 is 23.2 Å². The molecule has 0 aliphatic heterocycles. The third-order valence-electron chi connectivity index (χ3n) is 9.03. The van der Waals surface area contributed by atoms with Crippen molar-refractivity contribution in [3.8, 4) is 0 Å². The van der Waals surface area contributed by atoms with Gasteiger partial charge in [-0.3, -0.25) is 9.59 Å². The van der Waals surface area contributed by atoms with Crippen molar-refractivity contribution in [1.82, 2.24) is 0 Å². The van der Waals surface area contributed by atoms with Gasteiger partial charge in [-0.05, 0) is 75.4 Å². The van der Waals surface area contributed by atoms with Crippen LogP contribution in [0.25, 0.3) is 0 Å². The van der Waals surface area contributed by atoms with Crippen LogP contribution in [0.2, 0.25) is 10.0 Å². The van der Waals surface area contributed by atoms with Gasteiger partial charge in [-0.25, -0.2) is 9.79 Å². The Kier molecular flexibility index (Phi) is 15.1. The molecule has 0 atom stereocenters. The molecule has 9 heteroatoms. The summed E-state index contributed by atoms with van der Waals surface area (Å²) in [7, 11) is 2.00. The number of rotatable bonds is 20. The summed E-state index contributed by atoms with van der Waals surface area (Å²) in [6, 6.07) is 8.53. The molecule has 2 aromatic carbocycles. The van der Waals surface area contributed by atoms with Crippen LogP contribution in [0.1, 0.15) is 120 Å². The van der Waals surface area contributed by atoms with Crippen LogP contribution in [0.4, 0.5) is 17.1 Å². The molecule has 0 aromatic heterocycles. The number of unbranched alkanes of at least 4 members (excludes halogenated alkanes) is 9. The molecule has 1 saturated carbocycles. The summed E-state index contributed by atoms with van der Waals surface area (Å²) < 4.78 is 5.50. The first-order valence-corrected chi connectivity index (χ1v) is 17.7. The van der Waals surface area contributed by atoms with E-state index >= 15 is 0 Å². The fraction of sp³-hybridized carbons (Fsp3) is 0.568. The maximum atomic E-state index is 13.7. The van der Waals surface area contributed by atoms with Gasteiger partial charge in [0.2, 0.25) is 0 Å². The van der Waals surface area contributed by atoms with Crippen molar-refractivity contribution in [3.63, 3.8) is 0 Å². The molecule has 0 unspecified atom stereocenters. The molecule has 0 saturated heterocycles. The third-order valence-corrected chi connectivity index (χ3v) is 9.65. The lowest BCUT2D eigenvalue weighted by Crippen LogP contribution is -2.35. The average molecular weight is 673 g/mol. The van der Waals surface area contributed by atoms with Gasteiger partial charge in [0.05, 0.1) is 33.6 Å². The molecule has 0 bridgehead atoms. The zero-order chi connectivity index (χ0) is 33.7. The van der Waals surface area contributed by atoms with Crippen molar-refractivity contribution in [3.05, 3.63) is 51.5 Å². The second kappa shape index (κ2) is 18.4. The van der Waals surface area contributed by atoms with Crippen LogP contribution in [0.15, 0.2) is 35.3 Å². The van der Waals surface area contributed by atoms with E-state index in [2.05, 4.69) is 29.1 Å². The molecule has 1 amide bonds. The van der Waals surface area contributed by atoms with Gasteiger partial charge in [0.15, 0.2) is 11.5 Å². The lowest BCUT2D eigenvalue weighted by atomic mass is 9.93. The van der Waals surface area contributed by atoms with E-state index in [0.29, 0.717) is 24.9 Å². The molecule has 1 aliphatic carbocycles. The number of nitrogens with zero attached hydrogens (tertiary/aromatic N) is 2. The molecule has 0 radical (unpaired) electrons. The van der Waals surface area contributed by atoms with Crippen LogP contribution < -0.4 is 10.2 Å². The molecular formula is C37H51Cl2N3O4. The van der Waals surface area contributed by atoms with E-state index in [0.717, 1.165) is 37.1 Å². The maximum absolute atomic E-state index is 13.7.